The third-order valence-corrected chi connectivity index (χ3v) is 4.01. The molecule has 0 aromatic heterocycles. The Bertz CT molecular complexity index is 174. The van der Waals surface area contributed by atoms with Crippen molar-refractivity contribution in [3.05, 3.63) is 0 Å². The first-order chi connectivity index (χ1) is 8.22. The van der Waals surface area contributed by atoms with E-state index in [2.05, 4.69) is 31.0 Å². The Morgan fingerprint density at radius 2 is 1.94 bits per heavy atom. The van der Waals surface area contributed by atoms with Crippen molar-refractivity contribution >= 4 is 0 Å². The first kappa shape index (κ1) is 15.0. The number of likely N-dealkylation sites (tertiary alicyclic amines) is 1. The molecule has 1 unspecified atom stereocenters. The lowest BCUT2D eigenvalue weighted by atomic mass is 9.99. The molecular formula is C15H32N2. The number of nitrogens with zero attached hydrogens (tertiary/aromatic N) is 1. The van der Waals surface area contributed by atoms with Gasteiger partial charge in [0.05, 0.1) is 0 Å². The van der Waals surface area contributed by atoms with Crippen molar-refractivity contribution in [3.63, 3.8) is 0 Å². The van der Waals surface area contributed by atoms with Gasteiger partial charge in [-0.2, -0.15) is 0 Å². The molecule has 2 heteroatoms. The van der Waals surface area contributed by atoms with Crippen LogP contribution >= 0.6 is 0 Å². The van der Waals surface area contributed by atoms with Gasteiger partial charge in [-0.05, 0) is 64.7 Å². The molecule has 0 bridgehead atoms. The number of rotatable bonds is 8. The van der Waals surface area contributed by atoms with Crippen LogP contribution in [0.15, 0.2) is 0 Å². The Hall–Kier alpha value is -0.0800. The lowest BCUT2D eigenvalue weighted by Gasteiger charge is -2.30. The summed E-state index contributed by atoms with van der Waals surface area (Å²) in [5.41, 5.74) is 0. The molecule has 2 nitrogen and oxygen atoms in total. The zero-order valence-electron chi connectivity index (χ0n) is 12.2. The second-order valence-electron chi connectivity index (χ2n) is 5.88. The highest BCUT2D eigenvalue weighted by molar-refractivity contribution is 4.70. The predicted octanol–water partition coefficient (Wildman–Crippen LogP) is 3.28. The number of hydrogen-bond donors (Lipinski definition) is 1. The van der Waals surface area contributed by atoms with E-state index < -0.39 is 0 Å². The zero-order valence-corrected chi connectivity index (χ0v) is 12.2. The van der Waals surface area contributed by atoms with Crippen molar-refractivity contribution < 1.29 is 0 Å². The van der Waals surface area contributed by atoms with Crippen molar-refractivity contribution in [1.29, 1.82) is 0 Å². The third-order valence-electron chi connectivity index (χ3n) is 4.01. The highest BCUT2D eigenvalue weighted by Crippen LogP contribution is 2.15. The molecule has 0 aliphatic carbocycles. The standard InChI is InChI=1S/C15H32N2/c1-4-5-7-15(3)16-10-6-11-17-12-8-14(2)9-13-17/h14-16H,4-13H2,1-3H3. The van der Waals surface area contributed by atoms with E-state index in [0.717, 1.165) is 5.92 Å². The molecule has 1 aliphatic heterocycles. The SMILES string of the molecule is CCCCC(C)NCCCN1CCC(C)CC1. The molecule has 1 atom stereocenters. The molecule has 1 N–H and O–H groups in total. The Morgan fingerprint density at radius 3 is 2.59 bits per heavy atom. The van der Waals surface area contributed by atoms with E-state index in [0.29, 0.717) is 6.04 Å². The van der Waals surface area contributed by atoms with E-state index in [-0.39, 0.29) is 0 Å². The molecule has 1 rings (SSSR count). The highest BCUT2D eigenvalue weighted by atomic mass is 15.1. The fourth-order valence-corrected chi connectivity index (χ4v) is 2.55. The minimum absolute atomic E-state index is 0.705. The normalized spacial score (nSPS) is 20.6. The third kappa shape index (κ3) is 7.05. The average molecular weight is 240 g/mol. The van der Waals surface area contributed by atoms with Crippen LogP contribution in [0, 0.1) is 5.92 Å². The van der Waals surface area contributed by atoms with Crippen LogP contribution in [0.25, 0.3) is 0 Å². The number of nitrogens with one attached hydrogen (secondary N) is 1. The molecule has 102 valence electrons. The van der Waals surface area contributed by atoms with Gasteiger partial charge < -0.3 is 10.2 Å². The van der Waals surface area contributed by atoms with Gasteiger partial charge in [0.2, 0.25) is 0 Å². The molecule has 0 spiro atoms. The summed E-state index contributed by atoms with van der Waals surface area (Å²) in [7, 11) is 0. The van der Waals surface area contributed by atoms with Gasteiger partial charge in [-0.3, -0.25) is 0 Å². The van der Waals surface area contributed by atoms with E-state index in [1.54, 1.807) is 0 Å². The Morgan fingerprint density at radius 1 is 1.24 bits per heavy atom. The molecular weight excluding hydrogens is 208 g/mol. The largest absolute Gasteiger partial charge is 0.314 e. The second-order valence-corrected chi connectivity index (χ2v) is 5.88. The van der Waals surface area contributed by atoms with Crippen LogP contribution in [0.5, 0.6) is 0 Å². The molecule has 1 heterocycles. The summed E-state index contributed by atoms with van der Waals surface area (Å²) in [6.07, 6.45) is 8.12. The molecule has 1 fully saturated rings. The van der Waals surface area contributed by atoms with Gasteiger partial charge in [-0.25, -0.2) is 0 Å². The van der Waals surface area contributed by atoms with Crippen molar-refractivity contribution in [2.45, 2.75) is 65.3 Å². The van der Waals surface area contributed by atoms with E-state index in [1.165, 1.54) is 64.7 Å². The average Bonchev–Trinajstić information content (AvgIpc) is 2.34. The minimum atomic E-state index is 0.705. The Balaban J connectivity index is 1.93. The smallest absolute Gasteiger partial charge is 0.00387 e. The number of piperidine rings is 1. The van der Waals surface area contributed by atoms with Crippen LogP contribution in [0.1, 0.15) is 59.3 Å². The van der Waals surface area contributed by atoms with Gasteiger partial charge in [-0.1, -0.05) is 26.7 Å². The van der Waals surface area contributed by atoms with E-state index in [1.807, 2.05) is 0 Å². The Labute approximate surface area is 108 Å². The summed E-state index contributed by atoms with van der Waals surface area (Å²) in [4.78, 5) is 2.64. The maximum Gasteiger partial charge on any atom is 0.00387 e. The molecule has 0 radical (unpaired) electrons. The van der Waals surface area contributed by atoms with Crippen molar-refractivity contribution in [2.24, 2.45) is 5.92 Å². The lowest BCUT2D eigenvalue weighted by Crippen LogP contribution is -2.35. The second kappa shape index (κ2) is 8.93. The molecule has 0 amide bonds. The Kier molecular flexibility index (Phi) is 7.87. The lowest BCUT2D eigenvalue weighted by molar-refractivity contribution is 0.190. The zero-order chi connectivity index (χ0) is 12.5. The number of hydrogen-bond acceptors (Lipinski definition) is 2. The van der Waals surface area contributed by atoms with Crippen molar-refractivity contribution in [1.82, 2.24) is 10.2 Å². The summed E-state index contributed by atoms with van der Waals surface area (Å²) in [6, 6.07) is 0.705. The van der Waals surface area contributed by atoms with E-state index >= 15 is 0 Å². The van der Waals surface area contributed by atoms with Crippen LogP contribution in [0.4, 0.5) is 0 Å². The van der Waals surface area contributed by atoms with Crippen molar-refractivity contribution in [3.8, 4) is 0 Å². The molecule has 1 aliphatic rings. The highest BCUT2D eigenvalue weighted by Gasteiger charge is 2.14. The van der Waals surface area contributed by atoms with Crippen LogP contribution in [-0.4, -0.2) is 37.1 Å². The summed E-state index contributed by atoms with van der Waals surface area (Å²) >= 11 is 0. The molecule has 0 saturated carbocycles. The number of unbranched alkanes of at least 4 members (excludes halogenated alkanes) is 1. The van der Waals surface area contributed by atoms with Gasteiger partial charge in [0.1, 0.15) is 0 Å². The summed E-state index contributed by atoms with van der Waals surface area (Å²) in [6.45, 7) is 12.1. The molecule has 0 aromatic rings. The van der Waals surface area contributed by atoms with E-state index in [9.17, 15) is 0 Å². The fourth-order valence-electron chi connectivity index (χ4n) is 2.55. The van der Waals surface area contributed by atoms with Gasteiger partial charge in [0.25, 0.3) is 0 Å². The maximum absolute atomic E-state index is 3.64. The van der Waals surface area contributed by atoms with Crippen LogP contribution in [-0.2, 0) is 0 Å². The summed E-state index contributed by atoms with van der Waals surface area (Å²) in [5, 5.41) is 3.64. The van der Waals surface area contributed by atoms with Gasteiger partial charge in [0, 0.05) is 6.04 Å². The van der Waals surface area contributed by atoms with Crippen LogP contribution in [0.2, 0.25) is 0 Å². The maximum atomic E-state index is 3.64. The quantitative estimate of drug-likeness (QED) is 0.655. The fraction of sp³-hybridized carbons (Fsp3) is 1.00. The van der Waals surface area contributed by atoms with Gasteiger partial charge >= 0.3 is 0 Å². The first-order valence-electron chi connectivity index (χ1n) is 7.68. The monoisotopic (exact) mass is 240 g/mol. The molecule has 17 heavy (non-hydrogen) atoms. The topological polar surface area (TPSA) is 15.3 Å². The van der Waals surface area contributed by atoms with Crippen LogP contribution < -0.4 is 5.32 Å². The predicted molar refractivity (Wildman–Crippen MR) is 76.4 cm³/mol. The van der Waals surface area contributed by atoms with Crippen LogP contribution in [0.3, 0.4) is 0 Å². The minimum Gasteiger partial charge on any atom is -0.314 e. The van der Waals surface area contributed by atoms with Gasteiger partial charge in [-0.15, -0.1) is 0 Å². The summed E-state index contributed by atoms with van der Waals surface area (Å²) in [5.74, 6) is 0.957. The molecule has 0 aromatic carbocycles. The van der Waals surface area contributed by atoms with Gasteiger partial charge in [0.15, 0.2) is 0 Å². The molecule has 1 saturated heterocycles. The summed E-state index contributed by atoms with van der Waals surface area (Å²) < 4.78 is 0. The first-order valence-corrected chi connectivity index (χ1v) is 7.68. The van der Waals surface area contributed by atoms with E-state index in [4.69, 9.17) is 0 Å². The van der Waals surface area contributed by atoms with Crippen molar-refractivity contribution in [2.75, 3.05) is 26.2 Å².